The Morgan fingerprint density at radius 3 is 2.82 bits per heavy atom. The van der Waals surface area contributed by atoms with E-state index in [1.807, 2.05) is 0 Å². The number of ether oxygens (including phenoxy) is 1. The number of hydrogen-bond acceptors (Lipinski definition) is 9. The van der Waals surface area contributed by atoms with Crippen molar-refractivity contribution < 1.29 is 20.1 Å². The zero-order valence-corrected chi connectivity index (χ0v) is 12.8. The lowest BCUT2D eigenvalue weighted by atomic mass is 10.0. The first kappa shape index (κ1) is 15.4. The molecule has 0 amide bonds. The van der Waals surface area contributed by atoms with Gasteiger partial charge in [0.2, 0.25) is 0 Å². The van der Waals surface area contributed by atoms with Crippen molar-refractivity contribution in [3.63, 3.8) is 0 Å². The predicted octanol–water partition coefficient (Wildman–Crippen LogP) is -1.12. The van der Waals surface area contributed by atoms with Crippen LogP contribution < -0.4 is 5.73 Å². The van der Waals surface area contributed by atoms with E-state index in [0.29, 0.717) is 11.2 Å². The third-order valence-electron chi connectivity index (χ3n) is 3.95. The van der Waals surface area contributed by atoms with Crippen molar-refractivity contribution in [3.8, 4) is 0 Å². The van der Waals surface area contributed by atoms with Crippen molar-refractivity contribution in [1.29, 1.82) is 0 Å². The van der Waals surface area contributed by atoms with Crippen LogP contribution in [0.4, 0.5) is 5.82 Å². The molecule has 9 nitrogen and oxygen atoms in total. The molecule has 22 heavy (non-hydrogen) atoms. The molecule has 1 unspecified atom stereocenters. The van der Waals surface area contributed by atoms with Gasteiger partial charge in [0.1, 0.15) is 35.6 Å². The predicted molar refractivity (Wildman–Crippen MR) is 79.8 cm³/mol. The van der Waals surface area contributed by atoms with Gasteiger partial charge >= 0.3 is 0 Å². The van der Waals surface area contributed by atoms with Crippen LogP contribution in [0, 0.1) is 0 Å². The molecule has 0 radical (unpaired) electrons. The minimum Gasteiger partial charge on any atom is -0.387 e. The van der Waals surface area contributed by atoms with E-state index in [4.69, 9.17) is 10.5 Å². The standard InChI is InChI=1S/C12H17N5O4S/c1-12(8(19)6(18)7(21-12)11(20)22-2)17-4-16-5-9(13)14-3-15-10(5)17/h3-4,6-8,11,18-20H,1-2H3,(H2,13,14,15)/t6-,7+,8-,11?,12-/m1/s1. The highest BCUT2D eigenvalue weighted by Crippen LogP contribution is 2.39. The molecule has 5 atom stereocenters. The fraction of sp³-hybridized carbons (Fsp3) is 0.583. The minimum absolute atomic E-state index is 0.209. The van der Waals surface area contributed by atoms with E-state index in [-0.39, 0.29) is 5.82 Å². The molecule has 1 saturated heterocycles. The number of nitrogens with zero attached hydrogens (tertiary/aromatic N) is 4. The van der Waals surface area contributed by atoms with E-state index in [2.05, 4.69) is 15.0 Å². The zero-order valence-electron chi connectivity index (χ0n) is 12.0. The number of fused-ring (bicyclic) bond motifs is 1. The zero-order chi connectivity index (χ0) is 16.1. The summed E-state index contributed by atoms with van der Waals surface area (Å²) in [6.07, 6.45) is 0.928. The molecule has 3 rings (SSSR count). The highest BCUT2D eigenvalue weighted by Gasteiger charge is 2.55. The molecule has 1 fully saturated rings. The van der Waals surface area contributed by atoms with Crippen LogP contribution in [0.5, 0.6) is 0 Å². The van der Waals surface area contributed by atoms with Crippen LogP contribution in [0.1, 0.15) is 6.92 Å². The SMILES string of the molecule is CSC(O)[C@H]1O[C@@](C)(n2cnc3c(N)ncnc32)[C@H](O)[C@@H]1O. The van der Waals surface area contributed by atoms with Gasteiger partial charge in [-0.05, 0) is 13.2 Å². The second-order valence-corrected chi connectivity index (χ2v) is 6.20. The lowest BCUT2D eigenvalue weighted by Crippen LogP contribution is -2.43. The summed E-state index contributed by atoms with van der Waals surface area (Å²) < 4.78 is 7.26. The number of anilines is 1. The van der Waals surface area contributed by atoms with E-state index in [1.54, 1.807) is 13.2 Å². The second kappa shape index (κ2) is 5.32. The summed E-state index contributed by atoms with van der Waals surface area (Å²) in [5.74, 6) is 0.209. The van der Waals surface area contributed by atoms with Gasteiger partial charge in [-0.25, -0.2) is 15.0 Å². The summed E-state index contributed by atoms with van der Waals surface area (Å²) in [5, 5.41) is 30.5. The molecule has 5 N–H and O–H groups in total. The highest BCUT2D eigenvalue weighted by atomic mass is 32.2. The molecule has 1 aliphatic rings. The van der Waals surface area contributed by atoms with Crippen molar-refractivity contribution in [2.75, 3.05) is 12.0 Å². The van der Waals surface area contributed by atoms with E-state index < -0.39 is 29.5 Å². The Morgan fingerprint density at radius 1 is 1.41 bits per heavy atom. The van der Waals surface area contributed by atoms with Crippen molar-refractivity contribution in [3.05, 3.63) is 12.7 Å². The third-order valence-corrected chi connectivity index (χ3v) is 4.70. The fourth-order valence-corrected chi connectivity index (χ4v) is 3.13. The first-order chi connectivity index (χ1) is 10.4. The lowest BCUT2D eigenvalue weighted by Gasteiger charge is -2.29. The molecule has 0 saturated carbocycles. The van der Waals surface area contributed by atoms with Crippen molar-refractivity contribution >= 4 is 28.7 Å². The molecule has 10 heteroatoms. The highest BCUT2D eigenvalue weighted by molar-refractivity contribution is 7.99. The Balaban J connectivity index is 2.07. The Hall–Kier alpha value is -1.46. The average Bonchev–Trinajstić information content (AvgIpc) is 3.04. The first-order valence-electron chi connectivity index (χ1n) is 6.59. The number of aliphatic hydroxyl groups excluding tert-OH is 3. The quantitative estimate of drug-likeness (QED) is 0.516. The van der Waals surface area contributed by atoms with Crippen LogP contribution >= 0.6 is 11.8 Å². The van der Waals surface area contributed by atoms with Gasteiger partial charge in [0.15, 0.2) is 17.2 Å². The van der Waals surface area contributed by atoms with Crippen LogP contribution in [0.25, 0.3) is 11.2 Å². The number of imidazole rings is 1. The minimum atomic E-state index is -1.34. The van der Waals surface area contributed by atoms with Gasteiger partial charge in [-0.3, -0.25) is 4.57 Å². The van der Waals surface area contributed by atoms with Crippen LogP contribution in [0.3, 0.4) is 0 Å². The number of aliphatic hydroxyl groups is 3. The second-order valence-electron chi connectivity index (χ2n) is 5.24. The van der Waals surface area contributed by atoms with Crippen molar-refractivity contribution in [2.45, 2.75) is 36.4 Å². The van der Waals surface area contributed by atoms with E-state index in [1.165, 1.54) is 17.2 Å². The van der Waals surface area contributed by atoms with Crippen LogP contribution in [0.2, 0.25) is 0 Å². The Bertz CT molecular complexity index is 697. The summed E-state index contributed by atoms with van der Waals surface area (Å²) in [5.41, 5.74) is 4.19. The number of thioether (sulfide) groups is 1. The number of aromatic nitrogens is 4. The summed E-state index contributed by atoms with van der Waals surface area (Å²) >= 11 is 1.12. The van der Waals surface area contributed by atoms with Gasteiger partial charge in [-0.1, -0.05) is 0 Å². The normalized spacial score (nSPS) is 33.4. The summed E-state index contributed by atoms with van der Waals surface area (Å²) in [6.45, 7) is 1.59. The number of nitrogen functional groups attached to an aromatic ring is 1. The van der Waals surface area contributed by atoms with Crippen molar-refractivity contribution in [1.82, 2.24) is 19.5 Å². The first-order valence-corrected chi connectivity index (χ1v) is 7.87. The smallest absolute Gasteiger partial charge is 0.173 e. The average molecular weight is 327 g/mol. The molecule has 120 valence electrons. The van der Waals surface area contributed by atoms with E-state index >= 15 is 0 Å². The molecule has 0 aliphatic carbocycles. The third kappa shape index (κ3) is 2.07. The molecule has 0 aromatic carbocycles. The van der Waals surface area contributed by atoms with Gasteiger partial charge in [0.25, 0.3) is 0 Å². The van der Waals surface area contributed by atoms with Gasteiger partial charge in [0, 0.05) is 0 Å². The van der Waals surface area contributed by atoms with Gasteiger partial charge in [-0.2, -0.15) is 0 Å². The topological polar surface area (TPSA) is 140 Å². The maximum absolute atomic E-state index is 10.4. The molecule has 1 aliphatic heterocycles. The van der Waals surface area contributed by atoms with E-state index in [9.17, 15) is 15.3 Å². The number of hydrogen-bond donors (Lipinski definition) is 4. The summed E-state index contributed by atoms with van der Waals surface area (Å²) in [6, 6.07) is 0. The van der Waals surface area contributed by atoms with Crippen LogP contribution in [-0.4, -0.2) is 64.8 Å². The molecular weight excluding hydrogens is 310 g/mol. The summed E-state index contributed by atoms with van der Waals surface area (Å²) in [7, 11) is 0. The summed E-state index contributed by atoms with van der Waals surface area (Å²) in [4.78, 5) is 12.1. The lowest BCUT2D eigenvalue weighted by molar-refractivity contribution is -0.136. The molecule has 2 aromatic rings. The number of rotatable bonds is 3. The van der Waals surface area contributed by atoms with Crippen molar-refractivity contribution in [2.24, 2.45) is 0 Å². The molecule has 3 heterocycles. The monoisotopic (exact) mass is 327 g/mol. The maximum Gasteiger partial charge on any atom is 0.173 e. The van der Waals surface area contributed by atoms with Gasteiger partial charge < -0.3 is 25.8 Å². The van der Waals surface area contributed by atoms with Crippen LogP contribution in [-0.2, 0) is 10.5 Å². The molecular formula is C12H17N5O4S. The Morgan fingerprint density at radius 2 is 2.14 bits per heavy atom. The fourth-order valence-electron chi connectivity index (χ4n) is 2.65. The largest absolute Gasteiger partial charge is 0.387 e. The number of nitrogens with two attached hydrogens (primary N) is 1. The Kier molecular flexibility index (Phi) is 3.73. The maximum atomic E-state index is 10.4. The molecule has 0 spiro atoms. The van der Waals surface area contributed by atoms with Gasteiger partial charge in [-0.15, -0.1) is 11.8 Å². The van der Waals surface area contributed by atoms with E-state index in [0.717, 1.165) is 11.8 Å². The Labute approximate surface area is 130 Å². The molecule has 2 aromatic heterocycles. The van der Waals surface area contributed by atoms with Gasteiger partial charge in [0.05, 0.1) is 6.33 Å². The molecule has 0 bridgehead atoms. The van der Waals surface area contributed by atoms with Crippen LogP contribution in [0.15, 0.2) is 12.7 Å².